The first-order chi connectivity index (χ1) is 8.11. The summed E-state index contributed by atoms with van der Waals surface area (Å²) in [7, 11) is 1.25. The minimum absolute atomic E-state index is 0.148. The Balaban J connectivity index is 2.01. The first-order valence-electron chi connectivity index (χ1n) is 5.32. The van der Waals surface area contributed by atoms with Gasteiger partial charge in [-0.3, -0.25) is 9.59 Å². The Bertz CT molecular complexity index is 451. The molecule has 2 fully saturated rings. The van der Waals surface area contributed by atoms with Crippen molar-refractivity contribution in [1.29, 1.82) is 0 Å². The van der Waals surface area contributed by atoms with E-state index in [9.17, 15) is 14.4 Å². The summed E-state index contributed by atoms with van der Waals surface area (Å²) in [4.78, 5) is 34.5. The van der Waals surface area contributed by atoms with Crippen LogP contribution < -0.4 is 0 Å². The first kappa shape index (κ1) is 10.3. The van der Waals surface area contributed by atoms with Crippen molar-refractivity contribution in [2.24, 2.45) is 11.8 Å². The van der Waals surface area contributed by atoms with Gasteiger partial charge < -0.3 is 14.2 Å². The smallest absolute Gasteiger partial charge is 0.334 e. The maximum absolute atomic E-state index is 11.7. The fraction of sp³-hybridized carbons (Fsp3) is 0.545. The van der Waals surface area contributed by atoms with Crippen LogP contribution in [0, 0.1) is 11.8 Å². The molecule has 2 saturated heterocycles. The number of hydrogen-bond acceptors (Lipinski definition) is 6. The zero-order valence-electron chi connectivity index (χ0n) is 9.04. The van der Waals surface area contributed by atoms with E-state index < -0.39 is 30.1 Å². The Morgan fingerprint density at radius 2 is 2.18 bits per heavy atom. The fourth-order valence-corrected chi connectivity index (χ4v) is 2.74. The molecule has 4 aliphatic rings. The van der Waals surface area contributed by atoms with Crippen molar-refractivity contribution in [2.45, 2.75) is 18.6 Å². The van der Waals surface area contributed by atoms with E-state index in [0.717, 1.165) is 0 Å². The molecule has 0 amide bonds. The molecule has 4 atom stereocenters. The second-order valence-corrected chi connectivity index (χ2v) is 4.32. The van der Waals surface area contributed by atoms with E-state index in [4.69, 9.17) is 9.47 Å². The third kappa shape index (κ3) is 1.30. The highest BCUT2D eigenvalue weighted by Gasteiger charge is 2.57. The Labute approximate surface area is 96.5 Å². The van der Waals surface area contributed by atoms with E-state index in [1.54, 1.807) is 0 Å². The molecule has 6 nitrogen and oxygen atoms in total. The van der Waals surface area contributed by atoms with E-state index in [1.807, 2.05) is 0 Å². The van der Waals surface area contributed by atoms with Crippen LogP contribution in [0.1, 0.15) is 6.42 Å². The molecule has 3 aliphatic heterocycles. The molecule has 0 N–H and O–H groups in total. The SMILES string of the molecule is COC(=O)C1=C[C@@H]2OC(=O)[C@H]1[C@@H]1CC(=O)O[C@@H]12. The van der Waals surface area contributed by atoms with Crippen LogP contribution in [0.2, 0.25) is 0 Å². The second kappa shape index (κ2) is 3.32. The van der Waals surface area contributed by atoms with Gasteiger partial charge in [-0.2, -0.15) is 0 Å². The normalized spacial score (nSPS) is 38.1. The molecule has 3 heterocycles. The van der Waals surface area contributed by atoms with Crippen LogP contribution in [0.25, 0.3) is 0 Å². The van der Waals surface area contributed by atoms with Crippen LogP contribution in [-0.4, -0.2) is 37.2 Å². The van der Waals surface area contributed by atoms with Gasteiger partial charge in [0, 0.05) is 5.92 Å². The minimum atomic E-state index is -0.733. The van der Waals surface area contributed by atoms with Gasteiger partial charge >= 0.3 is 17.9 Å². The zero-order chi connectivity index (χ0) is 12.2. The molecule has 0 aromatic heterocycles. The van der Waals surface area contributed by atoms with Gasteiger partial charge in [-0.1, -0.05) is 0 Å². The average Bonchev–Trinajstić information content (AvgIpc) is 2.70. The molecule has 0 unspecified atom stereocenters. The summed E-state index contributed by atoms with van der Waals surface area (Å²) in [6.07, 6.45) is 0.573. The Morgan fingerprint density at radius 1 is 1.41 bits per heavy atom. The van der Waals surface area contributed by atoms with Gasteiger partial charge in [0.05, 0.1) is 25.0 Å². The van der Waals surface area contributed by atoms with Crippen LogP contribution >= 0.6 is 0 Å². The molecular weight excluding hydrogens is 228 g/mol. The van der Waals surface area contributed by atoms with Crippen LogP contribution in [0.5, 0.6) is 0 Å². The Kier molecular flexibility index (Phi) is 2.01. The number of ether oxygens (including phenoxy) is 3. The molecule has 4 rings (SSSR count). The van der Waals surface area contributed by atoms with Crippen molar-refractivity contribution in [3.63, 3.8) is 0 Å². The van der Waals surface area contributed by atoms with Gasteiger partial charge in [-0.25, -0.2) is 4.79 Å². The lowest BCUT2D eigenvalue weighted by Gasteiger charge is -2.40. The number of carbonyl (C=O) groups excluding carboxylic acids is 3. The summed E-state index contributed by atoms with van der Waals surface area (Å²) in [5.41, 5.74) is 0.285. The van der Waals surface area contributed by atoms with Crippen LogP contribution in [0.3, 0.4) is 0 Å². The van der Waals surface area contributed by atoms with E-state index in [1.165, 1.54) is 13.2 Å². The molecule has 0 radical (unpaired) electrons. The van der Waals surface area contributed by atoms with Gasteiger partial charge in [0.15, 0.2) is 6.10 Å². The summed E-state index contributed by atoms with van der Waals surface area (Å²) in [5, 5.41) is 0. The Morgan fingerprint density at radius 3 is 2.88 bits per heavy atom. The summed E-state index contributed by atoms with van der Waals surface area (Å²) >= 11 is 0. The fourth-order valence-electron chi connectivity index (χ4n) is 2.74. The highest BCUT2D eigenvalue weighted by molar-refractivity contribution is 5.98. The maximum Gasteiger partial charge on any atom is 0.334 e. The van der Waals surface area contributed by atoms with Crippen molar-refractivity contribution in [2.75, 3.05) is 7.11 Å². The number of carbonyl (C=O) groups is 3. The van der Waals surface area contributed by atoms with Crippen LogP contribution in [-0.2, 0) is 28.6 Å². The number of fused-ring (bicyclic) bond motifs is 1. The third-order valence-corrected chi connectivity index (χ3v) is 3.45. The predicted octanol–water partition coefficient (Wildman–Crippen LogP) is -0.427. The second-order valence-electron chi connectivity index (χ2n) is 4.32. The quantitative estimate of drug-likeness (QED) is 0.455. The summed E-state index contributed by atoms with van der Waals surface area (Å²) in [6, 6.07) is 0. The van der Waals surface area contributed by atoms with E-state index in [-0.39, 0.29) is 23.9 Å². The van der Waals surface area contributed by atoms with Crippen molar-refractivity contribution < 1.29 is 28.6 Å². The van der Waals surface area contributed by atoms with Gasteiger partial charge in [-0.15, -0.1) is 0 Å². The molecule has 90 valence electrons. The van der Waals surface area contributed by atoms with E-state index in [0.29, 0.717) is 0 Å². The monoisotopic (exact) mass is 238 g/mol. The molecule has 0 aromatic carbocycles. The summed E-state index contributed by atoms with van der Waals surface area (Å²) in [6.45, 7) is 0. The van der Waals surface area contributed by atoms with Crippen molar-refractivity contribution in [1.82, 2.24) is 0 Å². The van der Waals surface area contributed by atoms with Gasteiger partial charge in [0.2, 0.25) is 0 Å². The number of hydrogen-bond donors (Lipinski definition) is 0. The lowest BCUT2D eigenvalue weighted by Crippen LogP contribution is -2.52. The highest BCUT2D eigenvalue weighted by atomic mass is 16.6. The molecule has 17 heavy (non-hydrogen) atoms. The average molecular weight is 238 g/mol. The zero-order valence-corrected chi connectivity index (χ0v) is 9.04. The molecule has 1 aliphatic carbocycles. The summed E-state index contributed by atoms with van der Waals surface area (Å²) < 4.78 is 14.8. The van der Waals surface area contributed by atoms with Crippen LogP contribution in [0.4, 0.5) is 0 Å². The molecular formula is C11H10O6. The minimum Gasteiger partial charge on any atom is -0.466 e. The van der Waals surface area contributed by atoms with E-state index >= 15 is 0 Å². The van der Waals surface area contributed by atoms with Crippen LogP contribution in [0.15, 0.2) is 11.6 Å². The van der Waals surface area contributed by atoms with Gasteiger partial charge in [0.25, 0.3) is 0 Å². The lowest BCUT2D eigenvalue weighted by atomic mass is 9.73. The van der Waals surface area contributed by atoms with Gasteiger partial charge in [-0.05, 0) is 6.08 Å². The third-order valence-electron chi connectivity index (χ3n) is 3.45. The van der Waals surface area contributed by atoms with Crippen molar-refractivity contribution in [3.8, 4) is 0 Å². The number of methoxy groups -OCH3 is 1. The van der Waals surface area contributed by atoms with Gasteiger partial charge in [0.1, 0.15) is 6.10 Å². The van der Waals surface area contributed by atoms with Crippen molar-refractivity contribution in [3.05, 3.63) is 11.6 Å². The Hall–Kier alpha value is -1.85. The molecule has 0 saturated carbocycles. The number of rotatable bonds is 1. The molecule has 0 spiro atoms. The molecule has 0 aromatic rings. The standard InChI is InChI=1S/C11H10O6/c1-15-10(13)5-2-6-9-4(3-7(12)17-9)8(5)11(14)16-6/h2,4,6,8-9H,3H2,1H3/t4-,6-,8-,9-/m0/s1. The largest absolute Gasteiger partial charge is 0.466 e. The van der Waals surface area contributed by atoms with Crippen molar-refractivity contribution >= 4 is 17.9 Å². The molecule has 6 heteroatoms. The topological polar surface area (TPSA) is 78.9 Å². The molecule has 2 bridgehead atoms. The highest BCUT2D eigenvalue weighted by Crippen LogP contribution is 2.45. The first-order valence-corrected chi connectivity index (χ1v) is 5.32. The predicted molar refractivity (Wildman–Crippen MR) is 51.5 cm³/mol. The lowest BCUT2D eigenvalue weighted by molar-refractivity contribution is -0.177. The summed E-state index contributed by atoms with van der Waals surface area (Å²) in [5.74, 6) is -2.41. The maximum atomic E-state index is 11.7. The van der Waals surface area contributed by atoms with E-state index in [2.05, 4.69) is 4.74 Å². The number of esters is 3.